The molecular formula is C24H16BrCl2N5O2. The number of benzene rings is 3. The van der Waals surface area contributed by atoms with Crippen molar-refractivity contribution in [3.63, 3.8) is 0 Å². The second-order valence-electron chi connectivity index (χ2n) is 7.00. The maximum Gasteiger partial charge on any atom is 0.329 e. The molecule has 0 unspecified atom stereocenters. The van der Waals surface area contributed by atoms with E-state index in [1.54, 1.807) is 16.9 Å². The Morgan fingerprint density at radius 2 is 1.71 bits per heavy atom. The van der Waals surface area contributed by atoms with Gasteiger partial charge >= 0.3 is 11.8 Å². The molecule has 170 valence electrons. The second-order valence-corrected chi connectivity index (χ2v) is 8.76. The molecule has 0 fully saturated rings. The van der Waals surface area contributed by atoms with Gasteiger partial charge in [0.25, 0.3) is 0 Å². The minimum atomic E-state index is -0.965. The summed E-state index contributed by atoms with van der Waals surface area (Å²) in [6.45, 7) is 0. The third kappa shape index (κ3) is 5.72. The molecule has 0 aliphatic carbocycles. The van der Waals surface area contributed by atoms with Crippen LogP contribution >= 0.6 is 39.1 Å². The van der Waals surface area contributed by atoms with E-state index >= 15 is 0 Å². The van der Waals surface area contributed by atoms with Crippen molar-refractivity contribution >= 4 is 62.8 Å². The van der Waals surface area contributed by atoms with E-state index in [0.717, 1.165) is 15.7 Å². The van der Waals surface area contributed by atoms with Crippen LogP contribution in [0.2, 0.25) is 10.0 Å². The highest BCUT2D eigenvalue weighted by Gasteiger charge is 2.16. The van der Waals surface area contributed by atoms with E-state index in [2.05, 4.69) is 36.9 Å². The van der Waals surface area contributed by atoms with Gasteiger partial charge in [0.1, 0.15) is 5.69 Å². The van der Waals surface area contributed by atoms with Gasteiger partial charge in [0.15, 0.2) is 0 Å². The highest BCUT2D eigenvalue weighted by Crippen LogP contribution is 2.26. The predicted octanol–water partition coefficient (Wildman–Crippen LogP) is 5.70. The number of carbonyl (C=O) groups is 2. The molecule has 3 aromatic carbocycles. The number of carbonyl (C=O) groups excluding carboxylic acids is 2. The van der Waals surface area contributed by atoms with Crippen LogP contribution in [-0.2, 0) is 9.59 Å². The van der Waals surface area contributed by atoms with Gasteiger partial charge in [0.05, 0.1) is 22.6 Å². The number of amides is 2. The molecule has 0 bridgehead atoms. The topological polar surface area (TPSA) is 88.4 Å². The Morgan fingerprint density at radius 3 is 2.44 bits per heavy atom. The molecule has 10 heteroatoms. The van der Waals surface area contributed by atoms with E-state index in [-0.39, 0.29) is 10.7 Å². The van der Waals surface area contributed by atoms with Gasteiger partial charge in [-0.2, -0.15) is 10.2 Å². The quantitative estimate of drug-likeness (QED) is 0.188. The summed E-state index contributed by atoms with van der Waals surface area (Å²) in [6.07, 6.45) is 3.22. The predicted molar refractivity (Wildman–Crippen MR) is 138 cm³/mol. The van der Waals surface area contributed by atoms with Crippen LogP contribution in [0.25, 0.3) is 16.9 Å². The number of anilines is 1. The number of nitrogens with zero attached hydrogens (tertiary/aromatic N) is 3. The fraction of sp³-hybridized carbons (Fsp3) is 0. The molecule has 4 rings (SSSR count). The molecule has 34 heavy (non-hydrogen) atoms. The largest absolute Gasteiger partial charge is 0.329 e. The van der Waals surface area contributed by atoms with Crippen LogP contribution in [0.5, 0.6) is 0 Å². The van der Waals surface area contributed by atoms with Crippen LogP contribution in [0, 0.1) is 0 Å². The lowest BCUT2D eigenvalue weighted by Crippen LogP contribution is -2.32. The molecule has 0 aliphatic heterocycles. The molecule has 4 aromatic rings. The number of hydrogen-bond donors (Lipinski definition) is 2. The summed E-state index contributed by atoms with van der Waals surface area (Å²) in [5.74, 6) is -1.90. The molecule has 7 nitrogen and oxygen atoms in total. The Morgan fingerprint density at radius 1 is 0.971 bits per heavy atom. The number of hydrazone groups is 1. The van der Waals surface area contributed by atoms with Gasteiger partial charge in [-0.15, -0.1) is 0 Å². The van der Waals surface area contributed by atoms with Gasteiger partial charge in [0.2, 0.25) is 0 Å². The summed E-state index contributed by atoms with van der Waals surface area (Å²) in [6, 6.07) is 21.8. The Bertz CT molecular complexity index is 1370. The summed E-state index contributed by atoms with van der Waals surface area (Å²) in [4.78, 5) is 24.4. The Balaban J connectivity index is 1.54. The van der Waals surface area contributed by atoms with Crippen LogP contribution in [0.3, 0.4) is 0 Å². The molecule has 0 radical (unpaired) electrons. The monoisotopic (exact) mass is 555 g/mol. The molecule has 0 spiro atoms. The molecule has 2 amide bonds. The van der Waals surface area contributed by atoms with Crippen molar-refractivity contribution in [3.05, 3.63) is 99.1 Å². The maximum atomic E-state index is 12.2. The first-order valence-electron chi connectivity index (χ1n) is 9.91. The number of halogens is 3. The van der Waals surface area contributed by atoms with Crippen LogP contribution in [-0.4, -0.2) is 27.8 Å². The zero-order valence-corrected chi connectivity index (χ0v) is 20.5. The van der Waals surface area contributed by atoms with Crippen molar-refractivity contribution in [3.8, 4) is 16.9 Å². The molecule has 0 saturated heterocycles. The Labute approximate surface area is 213 Å². The molecular weight excluding hydrogens is 541 g/mol. The van der Waals surface area contributed by atoms with E-state index in [1.165, 1.54) is 18.3 Å². The Hall–Kier alpha value is -3.46. The summed E-state index contributed by atoms with van der Waals surface area (Å²) in [7, 11) is 0. The van der Waals surface area contributed by atoms with Gasteiger partial charge in [-0.1, -0.05) is 69.5 Å². The maximum absolute atomic E-state index is 12.2. The lowest BCUT2D eigenvalue weighted by Gasteiger charge is -2.06. The normalized spacial score (nSPS) is 10.9. The lowest BCUT2D eigenvalue weighted by molar-refractivity contribution is -0.136. The number of aromatic nitrogens is 2. The molecule has 0 aliphatic rings. The van der Waals surface area contributed by atoms with Crippen molar-refractivity contribution in [2.75, 3.05) is 5.32 Å². The zero-order valence-electron chi connectivity index (χ0n) is 17.4. The number of nitrogens with one attached hydrogen (secondary N) is 2. The highest BCUT2D eigenvalue weighted by molar-refractivity contribution is 9.10. The average Bonchev–Trinajstić information content (AvgIpc) is 3.26. The fourth-order valence-corrected chi connectivity index (χ4v) is 3.61. The van der Waals surface area contributed by atoms with Crippen LogP contribution in [0.4, 0.5) is 5.69 Å². The summed E-state index contributed by atoms with van der Waals surface area (Å²) >= 11 is 15.4. The highest BCUT2D eigenvalue weighted by atomic mass is 79.9. The number of hydrogen-bond acceptors (Lipinski definition) is 4. The van der Waals surface area contributed by atoms with Crippen LogP contribution in [0.15, 0.2) is 88.6 Å². The summed E-state index contributed by atoms with van der Waals surface area (Å²) in [5.41, 5.74) is 5.47. The fourth-order valence-electron chi connectivity index (χ4n) is 3.01. The average molecular weight is 557 g/mol. The first-order valence-corrected chi connectivity index (χ1v) is 11.5. The Kier molecular flexibility index (Phi) is 7.42. The summed E-state index contributed by atoms with van der Waals surface area (Å²) in [5, 5.41) is 11.7. The third-order valence-corrected chi connectivity index (χ3v) is 5.73. The van der Waals surface area contributed by atoms with Crippen molar-refractivity contribution in [1.29, 1.82) is 0 Å². The summed E-state index contributed by atoms with van der Waals surface area (Å²) < 4.78 is 2.65. The first kappa shape index (κ1) is 23.7. The molecule has 0 atom stereocenters. The molecule has 1 heterocycles. The number of rotatable bonds is 5. The number of para-hydroxylation sites is 1. The third-order valence-electron chi connectivity index (χ3n) is 4.63. The van der Waals surface area contributed by atoms with Gasteiger partial charge in [0, 0.05) is 26.8 Å². The van der Waals surface area contributed by atoms with Crippen molar-refractivity contribution in [2.45, 2.75) is 0 Å². The van der Waals surface area contributed by atoms with Crippen LogP contribution < -0.4 is 10.7 Å². The SMILES string of the molecule is O=C(N/N=C\c1cn(-c2ccccc2)nc1-c1ccc(Br)cc1)C(=O)Nc1cc(Cl)ccc1Cl. The smallest absolute Gasteiger partial charge is 0.316 e. The zero-order chi connectivity index (χ0) is 24.1. The van der Waals surface area contributed by atoms with Gasteiger partial charge < -0.3 is 5.32 Å². The first-order chi connectivity index (χ1) is 16.4. The lowest BCUT2D eigenvalue weighted by atomic mass is 10.1. The standard InChI is InChI=1S/C24H16BrCl2N5O2/c25-17-8-6-15(7-9-17)22-16(14-32(31-22)19-4-2-1-3-5-19)13-28-30-24(34)23(33)29-21-12-18(26)10-11-20(21)27/h1-14H,(H,29,33)(H,30,34)/b28-13-. The molecule has 1 aromatic heterocycles. The van der Waals surface area contributed by atoms with E-state index in [0.29, 0.717) is 16.3 Å². The van der Waals surface area contributed by atoms with E-state index in [4.69, 9.17) is 23.2 Å². The van der Waals surface area contributed by atoms with E-state index in [9.17, 15) is 9.59 Å². The molecule has 0 saturated carbocycles. The minimum absolute atomic E-state index is 0.222. The van der Waals surface area contributed by atoms with E-state index in [1.807, 2.05) is 54.6 Å². The van der Waals surface area contributed by atoms with Crippen molar-refractivity contribution in [1.82, 2.24) is 15.2 Å². The molecule has 2 N–H and O–H groups in total. The minimum Gasteiger partial charge on any atom is -0.316 e. The van der Waals surface area contributed by atoms with E-state index < -0.39 is 11.8 Å². The van der Waals surface area contributed by atoms with Gasteiger partial charge in [-0.3, -0.25) is 9.59 Å². The van der Waals surface area contributed by atoms with Crippen molar-refractivity contribution < 1.29 is 9.59 Å². The van der Waals surface area contributed by atoms with Gasteiger partial charge in [-0.05, 0) is 42.5 Å². The second kappa shape index (κ2) is 10.6. The van der Waals surface area contributed by atoms with Crippen molar-refractivity contribution in [2.24, 2.45) is 5.10 Å². The van der Waals surface area contributed by atoms with Gasteiger partial charge in [-0.25, -0.2) is 10.1 Å². The van der Waals surface area contributed by atoms with Crippen LogP contribution in [0.1, 0.15) is 5.56 Å².